The topological polar surface area (TPSA) is 492 Å². The highest BCUT2D eigenvalue weighted by atomic mass is 32.2. The number of benzene rings is 6. The van der Waals surface area contributed by atoms with Gasteiger partial charge in [0, 0.05) is 66.6 Å². The number of aromatic nitrogens is 24. The zero-order valence-corrected chi connectivity index (χ0v) is 77.0. The predicted molar refractivity (Wildman–Crippen MR) is 486 cm³/mol. The van der Waals surface area contributed by atoms with E-state index in [1.54, 1.807) is 160 Å². The summed E-state index contributed by atoms with van der Waals surface area (Å²) in [4.78, 5) is 104. The molecule has 6 heterocycles. The van der Waals surface area contributed by atoms with E-state index in [4.69, 9.17) is 52.7 Å². The Hall–Kier alpha value is -15.8. The number of rotatable bonds is 33. The summed E-state index contributed by atoms with van der Waals surface area (Å²) < 4.78 is 40.4. The molecular weight excluding hydrogens is 1710 g/mol. The van der Waals surface area contributed by atoms with E-state index in [0.717, 1.165) is 87.1 Å². The van der Waals surface area contributed by atoms with Crippen molar-refractivity contribution in [1.29, 1.82) is 0 Å². The highest BCUT2D eigenvalue weighted by molar-refractivity contribution is 8.13. The second-order valence-electron chi connectivity index (χ2n) is 27.1. The SMILES string of the molecule is C=Cc1cccc(-n2nnn(C)c2=O)c1CON=C(C)OC.C=Cc1cccc(-n2nnn(C)c2=O)c1CON=C(C)SC.CC=NOCc1c(OC)cccc1-n1nnn(C)c1=O.CCC(C)=NOCc1c(OC)cccc1-n1nnn(C)c1=O.CCCC(C)=NOCc1c(OC)cccc1-n1nnn(C)c1=O.COc1cccc(-n2nnn(C)c2=O)c1CON=C(C)C. The Morgan fingerprint density at radius 1 is 0.362 bits per heavy atom. The van der Waals surface area contributed by atoms with Crippen LogP contribution in [0.15, 0.2) is 182 Å². The zero-order chi connectivity index (χ0) is 95.1. The second kappa shape index (κ2) is 51.0. The van der Waals surface area contributed by atoms with Crippen molar-refractivity contribution in [3.05, 3.63) is 230 Å². The molecule has 0 aliphatic carbocycles. The number of methoxy groups -OCH3 is 5. The largest absolute Gasteiger partial charge is 0.496 e. The maximum atomic E-state index is 12.1. The molecule has 0 saturated heterocycles. The maximum absolute atomic E-state index is 12.1. The van der Waals surface area contributed by atoms with Crippen LogP contribution >= 0.6 is 11.8 Å². The standard InChI is InChI=1S/C15H21N5O3.C14H17N5O3.C14H19N5O3.C14H17N5O2S.C13H17N5O3.C12H15N5O3/c1-5-7-11(2)16-23-10-12-13(8-6-9-14(12)22-4)20-15(21)19(3)17-18-20;1-5-11-7-6-8-13(19-14(20)18(3)16-17-19)12(11)9-22-15-10(2)21-4;1-5-10(2)15-22-9-11-12(7-6-8-13(11)21-4)19-14(20)18(3)16-17-19;1-5-11-7-6-8-13(19-14(20)18(3)16-17-19)12(11)9-21-15-10(2)22-4;1-9(2)14-21-8-10-11(6-5-7-12(10)20-4)18-13(19)17(3)15-16-18;1-4-13-20-8-9-10(6-5-7-11(9)19-3)17-12(18)16(2)14-15-17/h6,8-9H,5,7,10H2,1-4H3;5-8H,1,9H2,2-4H3;6-8H,5,9H2,1-4H3;5-8H,1,9H2,2-4H3;5-7H,8H2,1-4H3;4-7H,8H2,1-3H3. The molecule has 6 aromatic heterocycles. The quantitative estimate of drug-likeness (QED) is 0.0222. The molecule has 0 spiro atoms. The molecule has 12 rings (SSSR count). The Balaban J connectivity index is 0.000000214. The van der Waals surface area contributed by atoms with Crippen LogP contribution in [-0.4, -0.2) is 195 Å². The third-order valence-corrected chi connectivity index (χ3v) is 18.7. The number of nitrogens with zero attached hydrogens (tertiary/aromatic N) is 30. The number of hydrogen-bond donors (Lipinski definition) is 0. The van der Waals surface area contributed by atoms with E-state index in [2.05, 4.69) is 114 Å². The van der Waals surface area contributed by atoms with Gasteiger partial charge < -0.3 is 52.7 Å². The summed E-state index contributed by atoms with van der Waals surface area (Å²) in [6, 6.07) is 32.2. The summed E-state index contributed by atoms with van der Waals surface area (Å²) in [6.45, 7) is 25.4. The Morgan fingerprint density at radius 2 is 0.631 bits per heavy atom. The lowest BCUT2D eigenvalue weighted by atomic mass is 10.1. The van der Waals surface area contributed by atoms with Gasteiger partial charge >= 0.3 is 34.1 Å². The lowest BCUT2D eigenvalue weighted by molar-refractivity contribution is 0.121. The fourth-order valence-electron chi connectivity index (χ4n) is 11.2. The third-order valence-electron chi connectivity index (χ3n) is 18.0. The van der Waals surface area contributed by atoms with Crippen LogP contribution in [0.4, 0.5) is 0 Å². The van der Waals surface area contributed by atoms with Crippen molar-refractivity contribution in [2.75, 3.05) is 41.8 Å². The highest BCUT2D eigenvalue weighted by Gasteiger charge is 2.23. The fourth-order valence-corrected chi connectivity index (χ4v) is 11.3. The second-order valence-corrected chi connectivity index (χ2v) is 28.1. The number of aryl methyl sites for hydroxylation is 6. The first-order chi connectivity index (χ1) is 62.5. The van der Waals surface area contributed by atoms with E-state index < -0.39 is 0 Å². The molecule has 0 unspecified atom stereocenters. The highest BCUT2D eigenvalue weighted by Crippen LogP contribution is 2.30. The van der Waals surface area contributed by atoms with Crippen molar-refractivity contribution in [3.8, 4) is 57.1 Å². The molecule has 48 heteroatoms. The van der Waals surface area contributed by atoms with E-state index in [1.165, 1.54) is 86.0 Å². The summed E-state index contributed by atoms with van der Waals surface area (Å²) in [5.41, 5.74) is 9.82. The van der Waals surface area contributed by atoms with Gasteiger partial charge in [0.25, 0.3) is 0 Å². The number of tetrazole rings is 6. The predicted octanol–water partition coefficient (Wildman–Crippen LogP) is 7.26. The molecule has 0 aliphatic heterocycles. The molecule has 692 valence electrons. The van der Waals surface area contributed by atoms with Crippen molar-refractivity contribution >= 4 is 58.2 Å². The smallest absolute Gasteiger partial charge is 0.368 e. The van der Waals surface area contributed by atoms with Gasteiger partial charge in [-0.2, -0.15) is 56.2 Å². The van der Waals surface area contributed by atoms with Crippen LogP contribution in [0.5, 0.6) is 23.0 Å². The van der Waals surface area contributed by atoms with Crippen LogP contribution in [0.3, 0.4) is 0 Å². The molecule has 0 aliphatic rings. The molecule has 0 bridgehead atoms. The van der Waals surface area contributed by atoms with Gasteiger partial charge in [-0.3, -0.25) is 0 Å². The summed E-state index contributed by atoms with van der Waals surface area (Å²) in [5, 5.41) is 69.7. The minimum absolute atomic E-state index is 0.140. The third kappa shape index (κ3) is 27.1. The van der Waals surface area contributed by atoms with E-state index >= 15 is 0 Å². The van der Waals surface area contributed by atoms with Gasteiger partial charge in [0.05, 0.1) is 109 Å². The minimum atomic E-state index is -0.349. The Labute approximate surface area is 749 Å². The average Bonchev–Trinajstić information content (AvgIpc) is 1.64. The Morgan fingerprint density at radius 3 is 0.885 bits per heavy atom. The molecular formula is C82H106N30O17S. The van der Waals surface area contributed by atoms with Crippen molar-refractivity contribution in [2.45, 2.75) is 121 Å². The summed E-state index contributed by atoms with van der Waals surface area (Å²) in [7, 11) is 17.0. The van der Waals surface area contributed by atoms with E-state index in [-0.39, 0.29) is 73.8 Å². The van der Waals surface area contributed by atoms with Crippen LogP contribution in [0.1, 0.15) is 126 Å². The summed E-state index contributed by atoms with van der Waals surface area (Å²) in [6.07, 6.45) is 9.53. The maximum Gasteiger partial charge on any atom is 0.368 e. The molecule has 0 radical (unpaired) electrons. The number of thioether (sulfide) groups is 1. The molecule has 12 aromatic rings. The molecule has 6 aromatic carbocycles. The van der Waals surface area contributed by atoms with Crippen molar-refractivity contribution in [1.82, 2.24) is 119 Å². The van der Waals surface area contributed by atoms with Gasteiger partial charge in [-0.15, -0.1) is 11.8 Å². The van der Waals surface area contributed by atoms with Crippen LogP contribution in [0.2, 0.25) is 0 Å². The molecule has 130 heavy (non-hydrogen) atoms. The zero-order valence-electron chi connectivity index (χ0n) is 76.2. The molecule has 0 amide bonds. The summed E-state index contributed by atoms with van der Waals surface area (Å²) in [5.74, 6) is 2.78. The monoisotopic (exact) mass is 1810 g/mol. The fraction of sp³-hybridized carbons (Fsp3) is 0.366. The Bertz CT molecular complexity index is 6210. The lowest BCUT2D eigenvalue weighted by Gasteiger charge is -2.12. The number of ether oxygens (including phenoxy) is 5. The van der Waals surface area contributed by atoms with Gasteiger partial charge in [-0.05, 0) is 195 Å². The van der Waals surface area contributed by atoms with Gasteiger partial charge in [0.2, 0.25) is 5.90 Å². The van der Waals surface area contributed by atoms with Gasteiger partial charge in [-0.25, -0.2) is 28.8 Å². The minimum Gasteiger partial charge on any atom is -0.496 e. The average molecular weight is 1820 g/mol. The first-order valence-electron chi connectivity index (χ1n) is 39.6. The van der Waals surface area contributed by atoms with Crippen LogP contribution in [-0.2, 0) is 116 Å². The van der Waals surface area contributed by atoms with Gasteiger partial charge in [-0.1, -0.05) is 125 Å². The van der Waals surface area contributed by atoms with Crippen LogP contribution < -0.4 is 53.1 Å². The number of oxime groups is 6. The first kappa shape index (κ1) is 101. The van der Waals surface area contributed by atoms with Gasteiger partial charge in [0.1, 0.15) is 67.7 Å². The van der Waals surface area contributed by atoms with Crippen LogP contribution in [0.25, 0.3) is 46.3 Å². The van der Waals surface area contributed by atoms with Crippen molar-refractivity contribution in [3.63, 3.8) is 0 Å². The molecule has 47 nitrogen and oxygen atoms in total. The normalized spacial score (nSPS) is 11.2. The van der Waals surface area contributed by atoms with E-state index in [0.29, 0.717) is 85.3 Å². The molecule has 0 saturated carbocycles. The molecule has 0 atom stereocenters. The lowest BCUT2D eigenvalue weighted by Crippen LogP contribution is -2.23. The first-order valence-corrected chi connectivity index (χ1v) is 40.8. The molecule has 0 N–H and O–H groups in total. The van der Waals surface area contributed by atoms with Gasteiger partial charge in [0.15, 0.2) is 0 Å². The van der Waals surface area contributed by atoms with Crippen LogP contribution in [0, 0.1) is 0 Å². The number of hydrogen-bond acceptors (Lipinski definition) is 36. The van der Waals surface area contributed by atoms with E-state index in [9.17, 15) is 28.8 Å². The van der Waals surface area contributed by atoms with E-state index in [1.807, 2.05) is 66.0 Å². The Kier molecular flexibility index (Phi) is 39.7. The van der Waals surface area contributed by atoms with Crippen molar-refractivity contribution in [2.24, 2.45) is 73.2 Å². The summed E-state index contributed by atoms with van der Waals surface area (Å²) >= 11 is 1.50. The molecule has 0 fully saturated rings. The van der Waals surface area contributed by atoms with Crippen molar-refractivity contribution < 1.29 is 52.7 Å².